The van der Waals surface area contributed by atoms with Gasteiger partial charge in [0, 0.05) is 33.7 Å². The maximum atomic E-state index is 13.3. The van der Waals surface area contributed by atoms with E-state index in [4.69, 9.17) is 23.2 Å². The number of carbonyl (C=O) groups excluding carboxylic acids is 3. The van der Waals surface area contributed by atoms with E-state index in [1.165, 1.54) is 23.4 Å². The average molecular weight is 440 g/mol. The summed E-state index contributed by atoms with van der Waals surface area (Å²) in [6, 6.07) is 15.2. The van der Waals surface area contributed by atoms with Gasteiger partial charge in [0.1, 0.15) is 6.04 Å². The molecule has 6 nitrogen and oxygen atoms in total. The van der Waals surface area contributed by atoms with Gasteiger partial charge in [-0.2, -0.15) is 0 Å². The average Bonchev–Trinajstić information content (AvgIpc) is 3.02. The summed E-state index contributed by atoms with van der Waals surface area (Å²) >= 11 is 12.2. The second-order valence-corrected chi connectivity index (χ2v) is 7.53. The minimum Gasteiger partial charge on any atom is -0.295 e. The molecule has 1 saturated heterocycles. The van der Waals surface area contributed by atoms with Gasteiger partial charge in [0.05, 0.1) is 12.1 Å². The number of rotatable bonds is 4. The summed E-state index contributed by atoms with van der Waals surface area (Å²) in [7, 11) is 0. The molecule has 2 aromatic carbocycles. The van der Waals surface area contributed by atoms with E-state index in [0.29, 0.717) is 27.0 Å². The van der Waals surface area contributed by atoms with E-state index < -0.39 is 23.8 Å². The predicted octanol–water partition coefficient (Wildman–Crippen LogP) is 4.37. The first-order valence-electron chi connectivity index (χ1n) is 9.07. The van der Waals surface area contributed by atoms with Gasteiger partial charge in [-0.05, 0) is 48.5 Å². The van der Waals surface area contributed by atoms with Crippen LogP contribution in [-0.2, 0) is 9.59 Å². The van der Waals surface area contributed by atoms with Crippen LogP contribution in [0, 0.1) is 0 Å². The van der Waals surface area contributed by atoms with E-state index in [0.717, 1.165) is 4.90 Å². The molecule has 0 aliphatic carbocycles. The van der Waals surface area contributed by atoms with Crippen LogP contribution in [0.4, 0.5) is 11.4 Å². The van der Waals surface area contributed by atoms with Crippen LogP contribution in [0.5, 0.6) is 0 Å². The van der Waals surface area contributed by atoms with Crippen LogP contribution in [0.1, 0.15) is 16.8 Å². The largest absolute Gasteiger partial charge is 0.295 e. The van der Waals surface area contributed by atoms with Gasteiger partial charge in [-0.1, -0.05) is 35.3 Å². The summed E-state index contributed by atoms with van der Waals surface area (Å²) in [6.07, 6.45) is 2.82. The normalized spacial score (nSPS) is 16.1. The second-order valence-electron chi connectivity index (χ2n) is 6.66. The molecule has 1 atom stereocenters. The standard InChI is InChI=1S/C22H15Cl2N3O3/c23-15-3-1-5-17(11-15)26(21(29)14-7-9-25-10-8-14)19-13-20(28)27(22(19)30)18-6-2-4-16(24)12-18/h1-12,19H,13H2. The zero-order valence-electron chi connectivity index (χ0n) is 15.5. The van der Waals surface area contributed by atoms with Crippen molar-refractivity contribution in [3.8, 4) is 0 Å². The quantitative estimate of drug-likeness (QED) is 0.565. The molecule has 3 aromatic rings. The van der Waals surface area contributed by atoms with Crippen molar-refractivity contribution in [1.82, 2.24) is 4.98 Å². The Bertz CT molecular complexity index is 1140. The van der Waals surface area contributed by atoms with Crippen LogP contribution in [-0.4, -0.2) is 28.7 Å². The summed E-state index contributed by atoms with van der Waals surface area (Å²) in [5, 5.41) is 0.805. The van der Waals surface area contributed by atoms with Gasteiger partial charge >= 0.3 is 0 Å². The highest BCUT2D eigenvalue weighted by atomic mass is 35.5. The van der Waals surface area contributed by atoms with Gasteiger partial charge in [0.15, 0.2) is 0 Å². The van der Waals surface area contributed by atoms with Crippen molar-refractivity contribution in [2.24, 2.45) is 0 Å². The van der Waals surface area contributed by atoms with Crippen molar-refractivity contribution in [2.45, 2.75) is 12.5 Å². The summed E-state index contributed by atoms with van der Waals surface area (Å²) in [5.41, 5.74) is 1.12. The number of benzene rings is 2. The first kappa shape index (κ1) is 20.1. The fourth-order valence-electron chi connectivity index (χ4n) is 3.40. The Hall–Kier alpha value is -3.22. The molecule has 2 heterocycles. The number of amides is 3. The third kappa shape index (κ3) is 3.79. The maximum Gasteiger partial charge on any atom is 0.259 e. The van der Waals surface area contributed by atoms with Gasteiger partial charge in [-0.15, -0.1) is 0 Å². The molecule has 1 aliphatic heterocycles. The van der Waals surface area contributed by atoms with Crippen molar-refractivity contribution in [3.63, 3.8) is 0 Å². The molecule has 150 valence electrons. The van der Waals surface area contributed by atoms with E-state index >= 15 is 0 Å². The molecule has 0 saturated carbocycles. The number of imide groups is 1. The lowest BCUT2D eigenvalue weighted by molar-refractivity contribution is -0.121. The Morgan fingerprint density at radius 1 is 0.967 bits per heavy atom. The summed E-state index contributed by atoms with van der Waals surface area (Å²) < 4.78 is 0. The lowest BCUT2D eigenvalue weighted by Gasteiger charge is -2.28. The number of hydrogen-bond acceptors (Lipinski definition) is 4. The number of halogens is 2. The zero-order chi connectivity index (χ0) is 21.3. The van der Waals surface area contributed by atoms with Crippen LogP contribution in [0.3, 0.4) is 0 Å². The van der Waals surface area contributed by atoms with E-state index in [1.54, 1.807) is 54.6 Å². The van der Waals surface area contributed by atoms with Gasteiger partial charge in [-0.25, -0.2) is 4.90 Å². The van der Waals surface area contributed by atoms with E-state index in [-0.39, 0.29) is 6.42 Å². The Kier molecular flexibility index (Phi) is 5.53. The summed E-state index contributed by atoms with van der Waals surface area (Å²) in [5.74, 6) is -1.36. The number of hydrogen-bond donors (Lipinski definition) is 0. The SMILES string of the molecule is O=C1CC(N(C(=O)c2ccncc2)c2cccc(Cl)c2)C(=O)N1c1cccc(Cl)c1. The predicted molar refractivity (Wildman–Crippen MR) is 115 cm³/mol. The molecular weight excluding hydrogens is 425 g/mol. The molecule has 0 N–H and O–H groups in total. The number of pyridine rings is 1. The van der Waals surface area contributed by atoms with Crippen LogP contribution >= 0.6 is 23.2 Å². The Balaban J connectivity index is 1.77. The van der Waals surface area contributed by atoms with E-state index in [2.05, 4.69) is 4.98 Å². The van der Waals surface area contributed by atoms with Crippen molar-refractivity contribution >= 4 is 52.3 Å². The molecule has 1 unspecified atom stereocenters. The van der Waals surface area contributed by atoms with E-state index in [9.17, 15) is 14.4 Å². The molecule has 3 amide bonds. The molecule has 0 bridgehead atoms. The molecule has 8 heteroatoms. The number of nitrogens with zero attached hydrogens (tertiary/aromatic N) is 3. The van der Waals surface area contributed by atoms with Crippen LogP contribution in [0.25, 0.3) is 0 Å². The molecule has 1 fully saturated rings. The summed E-state index contributed by atoms with van der Waals surface area (Å²) in [4.78, 5) is 45.7. The number of anilines is 2. The van der Waals surface area contributed by atoms with Gasteiger partial charge < -0.3 is 0 Å². The number of carbonyl (C=O) groups is 3. The van der Waals surface area contributed by atoms with Gasteiger partial charge in [0.25, 0.3) is 11.8 Å². The van der Waals surface area contributed by atoms with Crippen molar-refractivity contribution in [1.29, 1.82) is 0 Å². The van der Waals surface area contributed by atoms with Crippen molar-refractivity contribution in [3.05, 3.63) is 88.7 Å². The molecule has 1 aliphatic rings. The smallest absolute Gasteiger partial charge is 0.259 e. The molecule has 0 spiro atoms. The van der Waals surface area contributed by atoms with Crippen molar-refractivity contribution in [2.75, 3.05) is 9.80 Å². The Morgan fingerprint density at radius 3 is 2.30 bits per heavy atom. The number of aromatic nitrogens is 1. The van der Waals surface area contributed by atoms with Crippen molar-refractivity contribution < 1.29 is 14.4 Å². The lowest BCUT2D eigenvalue weighted by atomic mass is 10.1. The van der Waals surface area contributed by atoms with Crippen LogP contribution in [0.15, 0.2) is 73.1 Å². The fraction of sp³-hybridized carbons (Fsp3) is 0.0909. The third-order valence-corrected chi connectivity index (χ3v) is 5.20. The molecule has 4 rings (SSSR count). The minimum absolute atomic E-state index is 0.158. The molecular formula is C22H15Cl2N3O3. The summed E-state index contributed by atoms with van der Waals surface area (Å²) in [6.45, 7) is 0. The van der Waals surface area contributed by atoms with Crippen LogP contribution in [0.2, 0.25) is 10.0 Å². The highest BCUT2D eigenvalue weighted by molar-refractivity contribution is 6.32. The topological polar surface area (TPSA) is 70.6 Å². The van der Waals surface area contributed by atoms with Crippen LogP contribution < -0.4 is 9.80 Å². The maximum absolute atomic E-state index is 13.3. The first-order valence-corrected chi connectivity index (χ1v) is 9.83. The van der Waals surface area contributed by atoms with Gasteiger partial charge in [0.2, 0.25) is 5.91 Å². The molecule has 0 radical (unpaired) electrons. The Labute approximate surface area is 182 Å². The molecule has 1 aromatic heterocycles. The highest BCUT2D eigenvalue weighted by Crippen LogP contribution is 2.32. The zero-order valence-corrected chi connectivity index (χ0v) is 17.0. The molecule has 30 heavy (non-hydrogen) atoms. The fourth-order valence-corrected chi connectivity index (χ4v) is 3.77. The first-order chi connectivity index (χ1) is 14.5. The van der Waals surface area contributed by atoms with Gasteiger partial charge in [-0.3, -0.25) is 24.3 Å². The lowest BCUT2D eigenvalue weighted by Crippen LogP contribution is -2.45. The highest BCUT2D eigenvalue weighted by Gasteiger charge is 2.45. The monoisotopic (exact) mass is 439 g/mol. The minimum atomic E-state index is -1.02. The second kappa shape index (κ2) is 8.26. The Morgan fingerprint density at radius 2 is 1.63 bits per heavy atom. The third-order valence-electron chi connectivity index (χ3n) is 4.73. The van der Waals surface area contributed by atoms with E-state index in [1.807, 2.05) is 0 Å².